The van der Waals surface area contributed by atoms with Gasteiger partial charge in [-0.15, -0.1) is 0 Å². The van der Waals surface area contributed by atoms with E-state index in [2.05, 4.69) is 0 Å². The molecule has 0 saturated carbocycles. The zero-order chi connectivity index (χ0) is 13.0. The van der Waals surface area contributed by atoms with Gasteiger partial charge in [0.2, 0.25) is 0 Å². The number of esters is 1. The lowest BCUT2D eigenvalue weighted by Gasteiger charge is -2.10. The van der Waals surface area contributed by atoms with Gasteiger partial charge in [-0.25, -0.2) is 0 Å². The predicted octanol–water partition coefficient (Wildman–Crippen LogP) is 2.43. The molecule has 0 spiro atoms. The van der Waals surface area contributed by atoms with Crippen molar-refractivity contribution in [2.45, 2.75) is 13.8 Å². The number of rotatable bonds is 4. The number of carbonyl (C=O) groups excluding carboxylic acids is 2. The van der Waals surface area contributed by atoms with Crippen LogP contribution in [0.3, 0.4) is 0 Å². The van der Waals surface area contributed by atoms with Crippen LogP contribution in [0.4, 0.5) is 0 Å². The zero-order valence-corrected chi connectivity index (χ0v) is 10.3. The number of aromatic hydroxyl groups is 1. The van der Waals surface area contributed by atoms with Gasteiger partial charge in [0.25, 0.3) is 0 Å². The molecule has 0 heterocycles. The Kier molecular flexibility index (Phi) is 4.52. The van der Waals surface area contributed by atoms with E-state index in [0.717, 1.165) is 0 Å². The number of carbonyl (C=O) groups is 2. The Bertz CT molecular complexity index is 442. The summed E-state index contributed by atoms with van der Waals surface area (Å²) >= 11 is 5.83. The summed E-state index contributed by atoms with van der Waals surface area (Å²) in [6, 6.07) is 4.01. The van der Waals surface area contributed by atoms with Crippen molar-refractivity contribution < 1.29 is 19.4 Å². The van der Waals surface area contributed by atoms with Gasteiger partial charge in [-0.05, 0) is 32.0 Å². The van der Waals surface area contributed by atoms with Gasteiger partial charge in [0.1, 0.15) is 11.7 Å². The van der Waals surface area contributed by atoms with Gasteiger partial charge in [-0.2, -0.15) is 0 Å². The molecule has 4 nitrogen and oxygen atoms in total. The Morgan fingerprint density at radius 3 is 2.71 bits per heavy atom. The standard InChI is InChI=1S/C12H13ClO4/c1-3-17-12(16)7(2)11(15)9-6-8(14)4-5-10(9)13/h4-7,14H,3H2,1-2H3. The normalized spacial score (nSPS) is 11.9. The summed E-state index contributed by atoms with van der Waals surface area (Å²) in [5.41, 5.74) is 0.118. The molecule has 0 bridgehead atoms. The van der Waals surface area contributed by atoms with E-state index in [9.17, 15) is 14.7 Å². The average Bonchev–Trinajstić information content (AvgIpc) is 2.30. The van der Waals surface area contributed by atoms with E-state index in [4.69, 9.17) is 16.3 Å². The van der Waals surface area contributed by atoms with Crippen molar-refractivity contribution in [3.63, 3.8) is 0 Å². The molecule has 0 aromatic heterocycles. The summed E-state index contributed by atoms with van der Waals surface area (Å²) in [6.07, 6.45) is 0. The van der Waals surface area contributed by atoms with Gasteiger partial charge in [0.15, 0.2) is 5.78 Å². The second-order valence-electron chi connectivity index (χ2n) is 3.50. The molecule has 0 amide bonds. The summed E-state index contributed by atoms with van der Waals surface area (Å²) in [4.78, 5) is 23.3. The third-order valence-electron chi connectivity index (χ3n) is 2.25. The van der Waals surface area contributed by atoms with Gasteiger partial charge in [0, 0.05) is 5.56 Å². The maximum Gasteiger partial charge on any atom is 0.316 e. The highest BCUT2D eigenvalue weighted by Crippen LogP contribution is 2.24. The predicted molar refractivity (Wildman–Crippen MR) is 63.2 cm³/mol. The quantitative estimate of drug-likeness (QED) is 0.511. The maximum absolute atomic E-state index is 11.9. The largest absolute Gasteiger partial charge is 0.508 e. The molecule has 1 rings (SSSR count). The highest BCUT2D eigenvalue weighted by molar-refractivity contribution is 6.34. The molecular weight excluding hydrogens is 244 g/mol. The average molecular weight is 257 g/mol. The number of halogens is 1. The number of hydrogen-bond donors (Lipinski definition) is 1. The molecule has 1 atom stereocenters. The van der Waals surface area contributed by atoms with E-state index in [-0.39, 0.29) is 22.9 Å². The van der Waals surface area contributed by atoms with Crippen LogP contribution < -0.4 is 0 Å². The van der Waals surface area contributed by atoms with E-state index >= 15 is 0 Å². The van der Waals surface area contributed by atoms with E-state index in [0.29, 0.717) is 0 Å². The summed E-state index contributed by atoms with van der Waals surface area (Å²) in [5, 5.41) is 9.48. The second-order valence-corrected chi connectivity index (χ2v) is 3.91. The van der Waals surface area contributed by atoms with Crippen molar-refractivity contribution in [1.29, 1.82) is 0 Å². The van der Waals surface area contributed by atoms with Crippen LogP contribution in [0.2, 0.25) is 5.02 Å². The van der Waals surface area contributed by atoms with E-state index in [1.165, 1.54) is 25.1 Å². The Balaban J connectivity index is 2.96. The number of benzene rings is 1. The highest BCUT2D eigenvalue weighted by Gasteiger charge is 2.25. The molecule has 0 saturated heterocycles. The Labute approximate surface area is 104 Å². The number of ketones is 1. The van der Waals surface area contributed by atoms with Gasteiger partial charge in [0.05, 0.1) is 11.6 Å². The minimum atomic E-state index is -0.936. The molecule has 1 aromatic rings. The lowest BCUT2D eigenvalue weighted by molar-refractivity contribution is -0.145. The van der Waals surface area contributed by atoms with Gasteiger partial charge < -0.3 is 9.84 Å². The molecule has 17 heavy (non-hydrogen) atoms. The Hall–Kier alpha value is -1.55. The molecule has 0 aliphatic heterocycles. The molecule has 1 unspecified atom stereocenters. The SMILES string of the molecule is CCOC(=O)C(C)C(=O)c1cc(O)ccc1Cl. The van der Waals surface area contributed by atoms with E-state index in [1.807, 2.05) is 0 Å². The first-order chi connectivity index (χ1) is 7.97. The molecule has 0 radical (unpaired) electrons. The number of Topliss-reactive ketones (excluding diaryl/α,β-unsaturated/α-hetero) is 1. The van der Waals surface area contributed by atoms with Gasteiger partial charge in [-0.1, -0.05) is 11.6 Å². The molecule has 92 valence electrons. The molecule has 1 aromatic carbocycles. The first-order valence-electron chi connectivity index (χ1n) is 5.16. The molecule has 0 fully saturated rings. The monoisotopic (exact) mass is 256 g/mol. The summed E-state index contributed by atoms with van der Waals surface area (Å²) in [5.74, 6) is -2.08. The molecule has 1 N–H and O–H groups in total. The van der Waals surface area contributed by atoms with Crippen LogP contribution in [0.5, 0.6) is 5.75 Å². The molecule has 5 heteroatoms. The van der Waals surface area contributed by atoms with Gasteiger partial charge in [-0.3, -0.25) is 9.59 Å². The summed E-state index contributed by atoms with van der Waals surface area (Å²) in [6.45, 7) is 3.32. The van der Waals surface area contributed by atoms with Crippen molar-refractivity contribution in [3.8, 4) is 5.75 Å². The number of hydrogen-bond acceptors (Lipinski definition) is 4. The lowest BCUT2D eigenvalue weighted by Crippen LogP contribution is -2.23. The zero-order valence-electron chi connectivity index (χ0n) is 9.57. The van der Waals surface area contributed by atoms with Crippen LogP contribution >= 0.6 is 11.6 Å². The molecular formula is C12H13ClO4. The highest BCUT2D eigenvalue weighted by atomic mass is 35.5. The van der Waals surface area contributed by atoms with Gasteiger partial charge >= 0.3 is 5.97 Å². The second kappa shape index (κ2) is 5.68. The fraction of sp³-hybridized carbons (Fsp3) is 0.333. The van der Waals surface area contributed by atoms with Crippen molar-refractivity contribution in [2.75, 3.05) is 6.61 Å². The Morgan fingerprint density at radius 1 is 1.47 bits per heavy atom. The minimum absolute atomic E-state index is 0.0752. The Morgan fingerprint density at radius 2 is 2.12 bits per heavy atom. The smallest absolute Gasteiger partial charge is 0.316 e. The topological polar surface area (TPSA) is 63.6 Å². The van der Waals surface area contributed by atoms with Crippen molar-refractivity contribution in [1.82, 2.24) is 0 Å². The van der Waals surface area contributed by atoms with Crippen LogP contribution in [0.15, 0.2) is 18.2 Å². The van der Waals surface area contributed by atoms with Crippen molar-refractivity contribution in [2.24, 2.45) is 5.92 Å². The number of phenols is 1. The van der Waals surface area contributed by atoms with Crippen LogP contribution in [0, 0.1) is 5.92 Å². The van der Waals surface area contributed by atoms with Crippen LogP contribution in [0.25, 0.3) is 0 Å². The fourth-order valence-corrected chi connectivity index (χ4v) is 1.52. The van der Waals surface area contributed by atoms with Crippen molar-refractivity contribution >= 4 is 23.4 Å². The van der Waals surface area contributed by atoms with Crippen LogP contribution in [-0.2, 0) is 9.53 Å². The third kappa shape index (κ3) is 3.20. The summed E-state index contributed by atoms with van der Waals surface area (Å²) < 4.78 is 4.75. The van der Waals surface area contributed by atoms with E-state index < -0.39 is 17.7 Å². The first-order valence-corrected chi connectivity index (χ1v) is 5.54. The van der Waals surface area contributed by atoms with E-state index in [1.54, 1.807) is 6.92 Å². The maximum atomic E-state index is 11.9. The van der Waals surface area contributed by atoms with Crippen molar-refractivity contribution in [3.05, 3.63) is 28.8 Å². The van der Waals surface area contributed by atoms with Crippen LogP contribution in [0.1, 0.15) is 24.2 Å². The number of phenolic OH excluding ortho intramolecular Hbond substituents is 1. The summed E-state index contributed by atoms with van der Waals surface area (Å²) in [7, 11) is 0. The lowest BCUT2D eigenvalue weighted by atomic mass is 9.99. The minimum Gasteiger partial charge on any atom is -0.508 e. The molecule has 0 aliphatic rings. The third-order valence-corrected chi connectivity index (χ3v) is 2.58. The van der Waals surface area contributed by atoms with Crippen LogP contribution in [-0.4, -0.2) is 23.5 Å². The number of ether oxygens (including phenoxy) is 1. The first kappa shape index (κ1) is 13.5. The fourth-order valence-electron chi connectivity index (χ4n) is 1.31. The molecule has 0 aliphatic carbocycles.